The Bertz CT molecular complexity index is 490. The lowest BCUT2D eigenvalue weighted by Crippen LogP contribution is -1.94. The zero-order valence-electron chi connectivity index (χ0n) is 10.8. The average molecular weight is 308 g/mol. The number of rotatable bonds is 5. The quantitative estimate of drug-likeness (QED) is 0.745. The van der Waals surface area contributed by atoms with Crippen molar-refractivity contribution in [2.45, 2.75) is 37.9 Å². The third kappa shape index (κ3) is 3.45. The molecule has 0 fully saturated rings. The molecular formula is C15H18BrNO. The highest BCUT2D eigenvalue weighted by molar-refractivity contribution is 9.09. The highest BCUT2D eigenvalue weighted by Crippen LogP contribution is 2.22. The monoisotopic (exact) mass is 307 g/mol. The first-order chi connectivity index (χ1) is 8.66. The Balaban J connectivity index is 2.08. The second-order valence-corrected chi connectivity index (χ2v) is 6.12. The predicted octanol–water partition coefficient (Wildman–Crippen LogP) is 4.76. The Labute approximate surface area is 117 Å². The summed E-state index contributed by atoms with van der Waals surface area (Å²) in [4.78, 5) is 5.16. The van der Waals surface area contributed by atoms with Gasteiger partial charge in [-0.1, -0.05) is 41.1 Å². The fourth-order valence-electron chi connectivity index (χ4n) is 1.91. The Morgan fingerprint density at radius 2 is 2.00 bits per heavy atom. The zero-order chi connectivity index (χ0) is 13.0. The van der Waals surface area contributed by atoms with E-state index in [2.05, 4.69) is 27.8 Å². The van der Waals surface area contributed by atoms with Gasteiger partial charge in [0.2, 0.25) is 5.89 Å². The summed E-state index contributed by atoms with van der Waals surface area (Å²) in [7, 11) is 0. The van der Waals surface area contributed by atoms with E-state index in [1.807, 2.05) is 37.3 Å². The van der Waals surface area contributed by atoms with Crippen LogP contribution in [0.1, 0.15) is 31.2 Å². The molecule has 2 rings (SSSR count). The molecule has 0 aliphatic carbocycles. The first-order valence-corrected chi connectivity index (χ1v) is 7.24. The lowest BCUT2D eigenvalue weighted by Gasteiger charge is -2.00. The topological polar surface area (TPSA) is 26.0 Å². The van der Waals surface area contributed by atoms with Crippen LogP contribution in [0.4, 0.5) is 0 Å². The number of oxazole rings is 1. The molecule has 0 saturated heterocycles. The number of hydrogen-bond acceptors (Lipinski definition) is 2. The molecule has 0 N–H and O–H groups in total. The van der Waals surface area contributed by atoms with E-state index in [0.717, 1.165) is 42.2 Å². The van der Waals surface area contributed by atoms with E-state index in [9.17, 15) is 0 Å². The van der Waals surface area contributed by atoms with Gasteiger partial charge in [0.05, 0.1) is 5.69 Å². The molecule has 96 valence electrons. The van der Waals surface area contributed by atoms with E-state index in [1.54, 1.807) is 0 Å². The highest BCUT2D eigenvalue weighted by atomic mass is 79.9. The molecule has 3 heteroatoms. The van der Waals surface area contributed by atoms with Gasteiger partial charge in [-0.25, -0.2) is 4.98 Å². The zero-order valence-corrected chi connectivity index (χ0v) is 12.4. The predicted molar refractivity (Wildman–Crippen MR) is 78.0 cm³/mol. The number of benzene rings is 1. The van der Waals surface area contributed by atoms with Crippen LogP contribution in [0.25, 0.3) is 11.5 Å². The summed E-state index contributed by atoms with van der Waals surface area (Å²) in [6, 6.07) is 10.0. The van der Waals surface area contributed by atoms with Crippen LogP contribution in [0, 0.1) is 6.92 Å². The molecule has 0 spiro atoms. The molecule has 0 bridgehead atoms. The van der Waals surface area contributed by atoms with Crippen LogP contribution in [0.5, 0.6) is 0 Å². The van der Waals surface area contributed by atoms with Gasteiger partial charge in [-0.15, -0.1) is 0 Å². The van der Waals surface area contributed by atoms with Crippen molar-refractivity contribution >= 4 is 15.9 Å². The standard InChI is InChI=1S/C15H18BrNO/c1-11(16)7-6-10-14-12(2)18-15(17-14)13-8-4-3-5-9-13/h3-5,8-9,11H,6-7,10H2,1-2H3. The third-order valence-corrected chi connectivity index (χ3v) is 3.39. The van der Waals surface area contributed by atoms with Crippen LogP contribution in [0.15, 0.2) is 34.7 Å². The first-order valence-electron chi connectivity index (χ1n) is 6.32. The molecule has 2 aromatic rings. The average Bonchev–Trinajstić information content (AvgIpc) is 2.72. The molecule has 1 aromatic carbocycles. The maximum atomic E-state index is 5.74. The van der Waals surface area contributed by atoms with E-state index < -0.39 is 0 Å². The van der Waals surface area contributed by atoms with Crippen molar-refractivity contribution in [2.24, 2.45) is 0 Å². The summed E-state index contributed by atoms with van der Waals surface area (Å²) < 4.78 is 5.74. The number of halogens is 1. The van der Waals surface area contributed by atoms with Gasteiger partial charge in [0.25, 0.3) is 0 Å². The second kappa shape index (κ2) is 6.19. The van der Waals surface area contributed by atoms with Gasteiger partial charge in [0, 0.05) is 10.4 Å². The van der Waals surface area contributed by atoms with Gasteiger partial charge in [-0.05, 0) is 38.3 Å². The van der Waals surface area contributed by atoms with Crippen molar-refractivity contribution in [1.29, 1.82) is 0 Å². The molecule has 1 aromatic heterocycles. The van der Waals surface area contributed by atoms with E-state index in [4.69, 9.17) is 4.42 Å². The minimum atomic E-state index is 0.568. The second-order valence-electron chi connectivity index (χ2n) is 4.56. The molecule has 18 heavy (non-hydrogen) atoms. The van der Waals surface area contributed by atoms with Crippen molar-refractivity contribution in [1.82, 2.24) is 4.98 Å². The van der Waals surface area contributed by atoms with Crippen LogP contribution in [-0.2, 0) is 6.42 Å². The van der Waals surface area contributed by atoms with Crippen LogP contribution in [0.2, 0.25) is 0 Å². The van der Waals surface area contributed by atoms with Crippen molar-refractivity contribution in [3.05, 3.63) is 41.8 Å². The van der Waals surface area contributed by atoms with Crippen LogP contribution < -0.4 is 0 Å². The normalized spacial score (nSPS) is 12.6. The lowest BCUT2D eigenvalue weighted by atomic mass is 10.1. The summed E-state index contributed by atoms with van der Waals surface area (Å²) >= 11 is 3.56. The van der Waals surface area contributed by atoms with Gasteiger partial charge in [-0.3, -0.25) is 0 Å². The fourth-order valence-corrected chi connectivity index (χ4v) is 2.24. The molecule has 1 heterocycles. The Kier molecular flexibility index (Phi) is 4.59. The summed E-state index contributed by atoms with van der Waals surface area (Å²) in [6.45, 7) is 4.16. The van der Waals surface area contributed by atoms with Gasteiger partial charge in [0.15, 0.2) is 0 Å². The number of alkyl halides is 1. The van der Waals surface area contributed by atoms with E-state index in [1.165, 1.54) is 0 Å². The number of aromatic nitrogens is 1. The summed E-state index contributed by atoms with van der Waals surface area (Å²) in [5.74, 6) is 1.67. The van der Waals surface area contributed by atoms with Crippen LogP contribution in [0.3, 0.4) is 0 Å². The van der Waals surface area contributed by atoms with Crippen molar-refractivity contribution in [3.8, 4) is 11.5 Å². The molecule has 0 amide bonds. The fraction of sp³-hybridized carbons (Fsp3) is 0.400. The minimum absolute atomic E-state index is 0.568. The third-order valence-electron chi connectivity index (χ3n) is 2.93. The highest BCUT2D eigenvalue weighted by Gasteiger charge is 2.11. The molecule has 0 saturated carbocycles. The minimum Gasteiger partial charge on any atom is -0.441 e. The largest absolute Gasteiger partial charge is 0.441 e. The number of hydrogen-bond donors (Lipinski definition) is 0. The Morgan fingerprint density at radius 1 is 1.28 bits per heavy atom. The van der Waals surface area contributed by atoms with E-state index in [0.29, 0.717) is 4.83 Å². The Morgan fingerprint density at radius 3 is 2.67 bits per heavy atom. The molecule has 0 aliphatic heterocycles. The van der Waals surface area contributed by atoms with E-state index >= 15 is 0 Å². The van der Waals surface area contributed by atoms with Gasteiger partial charge in [-0.2, -0.15) is 0 Å². The maximum Gasteiger partial charge on any atom is 0.226 e. The molecule has 2 nitrogen and oxygen atoms in total. The van der Waals surface area contributed by atoms with E-state index in [-0.39, 0.29) is 0 Å². The van der Waals surface area contributed by atoms with Gasteiger partial charge < -0.3 is 4.42 Å². The van der Waals surface area contributed by atoms with Gasteiger partial charge in [0.1, 0.15) is 5.76 Å². The van der Waals surface area contributed by atoms with Crippen molar-refractivity contribution in [2.75, 3.05) is 0 Å². The summed E-state index contributed by atoms with van der Waals surface area (Å²) in [6.07, 6.45) is 3.28. The summed E-state index contributed by atoms with van der Waals surface area (Å²) in [5.41, 5.74) is 2.13. The molecule has 0 radical (unpaired) electrons. The lowest BCUT2D eigenvalue weighted by molar-refractivity contribution is 0.538. The molecule has 1 atom stereocenters. The first kappa shape index (κ1) is 13.3. The molecule has 0 aliphatic rings. The molecular weight excluding hydrogens is 290 g/mol. The van der Waals surface area contributed by atoms with Gasteiger partial charge >= 0.3 is 0 Å². The SMILES string of the molecule is Cc1oc(-c2ccccc2)nc1CCCC(C)Br. The smallest absolute Gasteiger partial charge is 0.226 e. The number of nitrogens with zero attached hydrogens (tertiary/aromatic N) is 1. The van der Waals surface area contributed by atoms with Crippen LogP contribution in [-0.4, -0.2) is 9.81 Å². The molecule has 1 unspecified atom stereocenters. The maximum absolute atomic E-state index is 5.74. The van der Waals surface area contributed by atoms with Crippen LogP contribution >= 0.6 is 15.9 Å². The van der Waals surface area contributed by atoms with Crippen molar-refractivity contribution in [3.63, 3.8) is 0 Å². The Hall–Kier alpha value is -1.09. The number of aryl methyl sites for hydroxylation is 2. The summed E-state index contributed by atoms with van der Waals surface area (Å²) in [5, 5.41) is 0. The van der Waals surface area contributed by atoms with Crippen molar-refractivity contribution < 1.29 is 4.42 Å².